The molecule has 1 heterocycles. The van der Waals surface area contributed by atoms with Crippen molar-refractivity contribution in [2.75, 3.05) is 6.61 Å². The van der Waals surface area contributed by atoms with Gasteiger partial charge in [-0.25, -0.2) is 4.79 Å². The number of rotatable bonds is 2. The molecule has 1 aliphatic rings. The van der Waals surface area contributed by atoms with Gasteiger partial charge in [-0.1, -0.05) is 19.9 Å². The van der Waals surface area contributed by atoms with Gasteiger partial charge in [-0.05, 0) is 29.5 Å². The number of hydrogen-bond acceptors (Lipinski definition) is 3. The van der Waals surface area contributed by atoms with Crippen LogP contribution in [0.2, 0.25) is 0 Å². The van der Waals surface area contributed by atoms with Crippen LogP contribution in [0.1, 0.15) is 25.8 Å². The zero-order valence-corrected chi connectivity index (χ0v) is 9.91. The fourth-order valence-corrected chi connectivity index (χ4v) is 2.81. The topological polar surface area (TPSA) is 66.2 Å². The van der Waals surface area contributed by atoms with Crippen molar-refractivity contribution in [1.29, 1.82) is 0 Å². The second-order valence-electron chi connectivity index (χ2n) is 5.53. The van der Waals surface area contributed by atoms with E-state index in [4.69, 9.17) is 4.42 Å². The van der Waals surface area contributed by atoms with Gasteiger partial charge in [0.1, 0.15) is 0 Å². The van der Waals surface area contributed by atoms with E-state index in [1.807, 2.05) is 18.2 Å². The summed E-state index contributed by atoms with van der Waals surface area (Å²) in [5, 5.41) is 9.62. The van der Waals surface area contributed by atoms with E-state index in [-0.39, 0.29) is 17.4 Å². The summed E-state index contributed by atoms with van der Waals surface area (Å²) in [6.07, 6.45) is 0.955. The summed E-state index contributed by atoms with van der Waals surface area (Å²) in [5.74, 6) is -0.440. The van der Waals surface area contributed by atoms with Gasteiger partial charge in [-0.15, -0.1) is 0 Å². The van der Waals surface area contributed by atoms with Crippen molar-refractivity contribution < 1.29 is 9.52 Å². The van der Waals surface area contributed by atoms with Crippen LogP contribution >= 0.6 is 0 Å². The van der Waals surface area contributed by atoms with E-state index in [0.717, 1.165) is 12.0 Å². The van der Waals surface area contributed by atoms with Crippen molar-refractivity contribution in [3.05, 3.63) is 34.3 Å². The third-order valence-corrected chi connectivity index (χ3v) is 4.16. The number of nitrogens with one attached hydrogen (secondary N) is 1. The van der Waals surface area contributed by atoms with E-state index in [2.05, 4.69) is 18.8 Å². The molecule has 17 heavy (non-hydrogen) atoms. The first-order valence-corrected chi connectivity index (χ1v) is 5.73. The lowest BCUT2D eigenvalue weighted by Crippen LogP contribution is -2.19. The highest BCUT2D eigenvalue weighted by molar-refractivity contribution is 5.73. The molecule has 0 saturated heterocycles. The summed E-state index contributed by atoms with van der Waals surface area (Å²) in [4.78, 5) is 13.7. The molecule has 1 aromatic carbocycles. The Morgan fingerprint density at radius 3 is 2.76 bits per heavy atom. The molecular weight excluding hydrogens is 218 g/mol. The summed E-state index contributed by atoms with van der Waals surface area (Å²) in [6, 6.07) is 5.65. The van der Waals surface area contributed by atoms with Crippen molar-refractivity contribution in [2.24, 2.45) is 5.41 Å². The molecule has 90 valence electrons. The number of aromatic nitrogens is 1. The monoisotopic (exact) mass is 233 g/mol. The van der Waals surface area contributed by atoms with Gasteiger partial charge in [-0.3, -0.25) is 4.98 Å². The second-order valence-corrected chi connectivity index (χ2v) is 5.53. The summed E-state index contributed by atoms with van der Waals surface area (Å²) >= 11 is 0. The molecule has 0 spiro atoms. The third-order valence-electron chi connectivity index (χ3n) is 4.16. The molecule has 1 fully saturated rings. The summed E-state index contributed by atoms with van der Waals surface area (Å²) in [7, 11) is 0. The number of hydrogen-bond donors (Lipinski definition) is 2. The lowest BCUT2D eigenvalue weighted by molar-refractivity contribution is 0.231. The van der Waals surface area contributed by atoms with Gasteiger partial charge in [0.25, 0.3) is 0 Å². The molecule has 0 amide bonds. The molecule has 1 saturated carbocycles. The number of oxazole rings is 1. The molecule has 2 aromatic rings. The van der Waals surface area contributed by atoms with E-state index in [1.54, 1.807) is 0 Å². The van der Waals surface area contributed by atoms with Crippen molar-refractivity contribution >= 4 is 11.1 Å². The van der Waals surface area contributed by atoms with E-state index < -0.39 is 5.76 Å². The first kappa shape index (κ1) is 10.6. The fraction of sp³-hybridized carbons (Fsp3) is 0.462. The first-order valence-electron chi connectivity index (χ1n) is 5.73. The Balaban J connectivity index is 2.16. The maximum absolute atomic E-state index is 11.1. The molecular formula is C13H15NO3. The van der Waals surface area contributed by atoms with Crippen LogP contribution in [0, 0.1) is 5.41 Å². The smallest absolute Gasteiger partial charge is 0.408 e. The van der Waals surface area contributed by atoms with Crippen LogP contribution < -0.4 is 5.76 Å². The van der Waals surface area contributed by atoms with Crippen molar-refractivity contribution in [2.45, 2.75) is 25.7 Å². The van der Waals surface area contributed by atoms with Crippen molar-refractivity contribution in [1.82, 2.24) is 4.98 Å². The van der Waals surface area contributed by atoms with Gasteiger partial charge in [0, 0.05) is 5.41 Å². The van der Waals surface area contributed by atoms with E-state index in [1.165, 1.54) is 0 Å². The number of H-pyrrole nitrogens is 1. The standard InChI is InChI=1S/C13H15NO3/c1-12(2)6-13(12,7-15)8-3-4-9-10(5-8)17-11(16)14-9/h3-5,15H,6-7H2,1-2H3,(H,14,16). The Kier molecular flexibility index (Phi) is 1.88. The summed E-state index contributed by atoms with van der Waals surface area (Å²) < 4.78 is 5.05. The highest BCUT2D eigenvalue weighted by atomic mass is 16.4. The van der Waals surface area contributed by atoms with E-state index in [9.17, 15) is 9.90 Å². The number of aliphatic hydroxyl groups is 1. The highest BCUT2D eigenvalue weighted by Crippen LogP contribution is 2.64. The zero-order valence-electron chi connectivity index (χ0n) is 9.91. The minimum absolute atomic E-state index is 0.103. The number of fused-ring (bicyclic) bond motifs is 1. The van der Waals surface area contributed by atoms with Crippen LogP contribution in [0.4, 0.5) is 0 Å². The Morgan fingerprint density at radius 2 is 2.18 bits per heavy atom. The van der Waals surface area contributed by atoms with Gasteiger partial charge in [-0.2, -0.15) is 0 Å². The number of aliphatic hydroxyl groups excluding tert-OH is 1. The normalized spacial score (nSPS) is 26.3. The molecule has 0 bridgehead atoms. The Hall–Kier alpha value is -1.55. The Morgan fingerprint density at radius 1 is 1.47 bits per heavy atom. The molecule has 1 atom stereocenters. The van der Waals surface area contributed by atoms with E-state index >= 15 is 0 Å². The molecule has 4 nitrogen and oxygen atoms in total. The van der Waals surface area contributed by atoms with Crippen LogP contribution in [0.25, 0.3) is 11.1 Å². The third kappa shape index (κ3) is 1.30. The average Bonchev–Trinajstić information content (AvgIpc) is 2.65. The zero-order chi connectivity index (χ0) is 12.3. The fourth-order valence-electron chi connectivity index (χ4n) is 2.81. The Bertz CT molecular complexity index is 637. The minimum Gasteiger partial charge on any atom is -0.408 e. The average molecular weight is 233 g/mol. The van der Waals surface area contributed by atoms with Crippen molar-refractivity contribution in [3.8, 4) is 0 Å². The molecule has 1 aliphatic carbocycles. The van der Waals surface area contributed by atoms with E-state index in [0.29, 0.717) is 11.1 Å². The number of aromatic amines is 1. The van der Waals surface area contributed by atoms with Gasteiger partial charge < -0.3 is 9.52 Å². The Labute approximate surface area is 98.3 Å². The van der Waals surface area contributed by atoms with Gasteiger partial charge in [0.15, 0.2) is 5.58 Å². The first-order chi connectivity index (χ1) is 7.98. The maximum Gasteiger partial charge on any atom is 0.417 e. The minimum atomic E-state index is -0.440. The largest absolute Gasteiger partial charge is 0.417 e. The summed E-state index contributed by atoms with van der Waals surface area (Å²) in [5.41, 5.74) is 2.22. The summed E-state index contributed by atoms with van der Waals surface area (Å²) in [6.45, 7) is 4.40. The number of benzene rings is 1. The maximum atomic E-state index is 11.1. The predicted octanol–water partition coefficient (Wildman–Crippen LogP) is 1.78. The van der Waals surface area contributed by atoms with Gasteiger partial charge in [0.05, 0.1) is 12.1 Å². The van der Waals surface area contributed by atoms with Crippen LogP contribution in [-0.2, 0) is 5.41 Å². The van der Waals surface area contributed by atoms with Gasteiger partial charge >= 0.3 is 5.76 Å². The quantitative estimate of drug-likeness (QED) is 0.831. The molecule has 1 unspecified atom stereocenters. The molecule has 0 radical (unpaired) electrons. The SMILES string of the molecule is CC1(C)CC1(CO)c1ccc2[nH]c(=O)oc2c1. The van der Waals surface area contributed by atoms with Crippen LogP contribution in [0.5, 0.6) is 0 Å². The van der Waals surface area contributed by atoms with Gasteiger partial charge in [0.2, 0.25) is 0 Å². The molecule has 1 aromatic heterocycles. The highest BCUT2D eigenvalue weighted by Gasteiger charge is 2.61. The molecule has 4 heteroatoms. The lowest BCUT2D eigenvalue weighted by atomic mass is 9.88. The molecule has 2 N–H and O–H groups in total. The lowest BCUT2D eigenvalue weighted by Gasteiger charge is -2.18. The van der Waals surface area contributed by atoms with Crippen LogP contribution in [-0.4, -0.2) is 16.7 Å². The van der Waals surface area contributed by atoms with Crippen molar-refractivity contribution in [3.63, 3.8) is 0 Å². The van der Waals surface area contributed by atoms with Crippen LogP contribution in [0.3, 0.4) is 0 Å². The molecule has 3 rings (SSSR count). The van der Waals surface area contributed by atoms with Crippen LogP contribution in [0.15, 0.2) is 27.4 Å². The molecule has 0 aliphatic heterocycles. The second kappa shape index (κ2) is 3.01. The predicted molar refractivity (Wildman–Crippen MR) is 64.0 cm³/mol.